The van der Waals surface area contributed by atoms with Crippen molar-refractivity contribution in [1.29, 1.82) is 0 Å². The second-order valence-corrected chi connectivity index (χ2v) is 6.33. The van der Waals surface area contributed by atoms with Crippen LogP contribution in [0.25, 0.3) is 0 Å². The zero-order valence-electron chi connectivity index (χ0n) is 13.3. The largest absolute Gasteiger partial charge is 0.391 e. The van der Waals surface area contributed by atoms with Gasteiger partial charge in [-0.25, -0.2) is 0 Å². The number of hydrogen-bond donors (Lipinski definition) is 3. The van der Waals surface area contributed by atoms with E-state index in [0.717, 1.165) is 29.8 Å². The molecule has 0 aliphatic carbocycles. The fraction of sp³-hybridized carbons (Fsp3) is 0.562. The fourth-order valence-corrected chi connectivity index (χ4v) is 3.12. The summed E-state index contributed by atoms with van der Waals surface area (Å²) in [7, 11) is 0. The van der Waals surface area contributed by atoms with Gasteiger partial charge in [0.2, 0.25) is 5.91 Å². The number of aliphatic hydroxyl groups is 1. The minimum atomic E-state index is -0.468. The quantitative estimate of drug-likeness (QED) is 0.735. The van der Waals surface area contributed by atoms with Gasteiger partial charge >= 0.3 is 0 Å². The smallest absolute Gasteiger partial charge is 0.222 e. The number of β-amino-alcohol motifs (C(OH)–C–C–N with tert-alkyl or cyclic N) is 1. The summed E-state index contributed by atoms with van der Waals surface area (Å²) in [5, 5.41) is 24.0. The average molecular weight is 317 g/mol. The molecule has 2 aromatic rings. The van der Waals surface area contributed by atoms with E-state index < -0.39 is 6.10 Å². The van der Waals surface area contributed by atoms with E-state index in [1.54, 1.807) is 11.1 Å². The highest BCUT2D eigenvalue weighted by Crippen LogP contribution is 2.22. The molecule has 3 N–H and O–H groups in total. The van der Waals surface area contributed by atoms with E-state index in [4.69, 9.17) is 0 Å². The zero-order chi connectivity index (χ0) is 16.2. The normalized spacial score (nSPS) is 21.0. The van der Waals surface area contributed by atoms with Gasteiger partial charge in [0.25, 0.3) is 0 Å². The van der Waals surface area contributed by atoms with Gasteiger partial charge < -0.3 is 10.0 Å². The number of amides is 1. The van der Waals surface area contributed by atoms with Gasteiger partial charge in [-0.05, 0) is 37.8 Å². The minimum Gasteiger partial charge on any atom is -0.391 e. The summed E-state index contributed by atoms with van der Waals surface area (Å²) in [5.74, 6) is 0.184. The van der Waals surface area contributed by atoms with Gasteiger partial charge in [0, 0.05) is 37.3 Å². The number of nitrogens with one attached hydrogen (secondary N) is 2. The lowest BCUT2D eigenvalue weighted by Crippen LogP contribution is -2.29. The third-order valence-electron chi connectivity index (χ3n) is 4.40. The number of hydrogen-bond acceptors (Lipinski definition) is 4. The number of aliphatic hydroxyl groups excluding tert-OH is 1. The second-order valence-electron chi connectivity index (χ2n) is 6.33. The fourth-order valence-electron chi connectivity index (χ4n) is 3.12. The van der Waals surface area contributed by atoms with Gasteiger partial charge in [0.05, 0.1) is 18.0 Å². The van der Waals surface area contributed by atoms with E-state index in [-0.39, 0.29) is 11.8 Å². The van der Waals surface area contributed by atoms with E-state index in [0.29, 0.717) is 25.9 Å². The van der Waals surface area contributed by atoms with Crippen LogP contribution in [0.5, 0.6) is 0 Å². The molecule has 3 rings (SSSR count). The van der Waals surface area contributed by atoms with Crippen LogP contribution in [0.2, 0.25) is 0 Å². The van der Waals surface area contributed by atoms with Crippen molar-refractivity contribution in [3.05, 3.63) is 35.4 Å². The summed E-state index contributed by atoms with van der Waals surface area (Å²) in [4.78, 5) is 14.1. The first-order valence-electron chi connectivity index (χ1n) is 8.06. The van der Waals surface area contributed by atoms with Gasteiger partial charge in [-0.15, -0.1) is 0 Å². The number of aromatic amines is 2. The average Bonchev–Trinajstić information content (AvgIpc) is 3.23. The maximum Gasteiger partial charge on any atom is 0.222 e. The monoisotopic (exact) mass is 317 g/mol. The molecule has 124 valence electrons. The SMILES string of the molecule is Cc1cc(CC2CN(C(=O)CCCc3cn[nH]c3)CC2O)n[nH]1. The van der Waals surface area contributed by atoms with Gasteiger partial charge in [0.15, 0.2) is 0 Å². The van der Waals surface area contributed by atoms with Crippen molar-refractivity contribution in [2.24, 2.45) is 5.92 Å². The predicted octanol–water partition coefficient (Wildman–Crippen LogP) is 0.826. The van der Waals surface area contributed by atoms with Gasteiger partial charge in [0.1, 0.15) is 0 Å². The van der Waals surface area contributed by atoms with Crippen molar-refractivity contribution in [1.82, 2.24) is 25.3 Å². The molecule has 0 saturated carbocycles. The Kier molecular flexibility index (Phi) is 4.76. The number of aromatic nitrogens is 4. The molecule has 1 saturated heterocycles. The Morgan fingerprint density at radius 1 is 1.48 bits per heavy atom. The number of nitrogens with zero attached hydrogens (tertiary/aromatic N) is 3. The molecule has 2 unspecified atom stereocenters. The van der Waals surface area contributed by atoms with E-state index >= 15 is 0 Å². The van der Waals surface area contributed by atoms with Crippen molar-refractivity contribution in [3.8, 4) is 0 Å². The third-order valence-corrected chi connectivity index (χ3v) is 4.40. The molecule has 2 atom stereocenters. The van der Waals surface area contributed by atoms with Crippen LogP contribution in [0.4, 0.5) is 0 Å². The van der Waals surface area contributed by atoms with E-state index in [1.165, 1.54) is 0 Å². The molecule has 0 aromatic carbocycles. The van der Waals surface area contributed by atoms with Crippen LogP contribution >= 0.6 is 0 Å². The first-order valence-corrected chi connectivity index (χ1v) is 8.06. The van der Waals surface area contributed by atoms with Gasteiger partial charge in [-0.1, -0.05) is 0 Å². The molecule has 0 radical (unpaired) electrons. The molecule has 0 spiro atoms. The Labute approximate surface area is 135 Å². The van der Waals surface area contributed by atoms with Crippen LogP contribution in [-0.2, 0) is 17.6 Å². The summed E-state index contributed by atoms with van der Waals surface area (Å²) in [5.41, 5.74) is 3.08. The molecule has 0 bridgehead atoms. The molecule has 7 heteroatoms. The Hall–Kier alpha value is -2.15. The molecular weight excluding hydrogens is 294 g/mol. The van der Waals surface area contributed by atoms with Crippen molar-refractivity contribution in [2.45, 2.75) is 38.7 Å². The lowest BCUT2D eigenvalue weighted by atomic mass is 10.0. The molecule has 7 nitrogen and oxygen atoms in total. The van der Waals surface area contributed by atoms with Crippen LogP contribution in [-0.4, -0.2) is 55.5 Å². The topological polar surface area (TPSA) is 97.9 Å². The lowest BCUT2D eigenvalue weighted by Gasteiger charge is -2.15. The highest BCUT2D eigenvalue weighted by molar-refractivity contribution is 5.76. The lowest BCUT2D eigenvalue weighted by molar-refractivity contribution is -0.130. The van der Waals surface area contributed by atoms with Crippen LogP contribution in [0.1, 0.15) is 29.8 Å². The van der Waals surface area contributed by atoms with Crippen LogP contribution in [0.15, 0.2) is 18.5 Å². The standard InChI is InChI=1S/C16H23N5O2/c1-11-5-14(20-19-11)6-13-9-21(10-15(13)22)16(23)4-2-3-12-7-17-18-8-12/h5,7-8,13,15,22H,2-4,6,9-10H2,1H3,(H,17,18)(H,19,20). The number of rotatable bonds is 6. The maximum atomic E-state index is 12.3. The second kappa shape index (κ2) is 6.95. The van der Waals surface area contributed by atoms with Crippen LogP contribution < -0.4 is 0 Å². The molecule has 1 amide bonds. The molecule has 1 aliphatic heterocycles. The number of carbonyl (C=O) groups is 1. The summed E-state index contributed by atoms with van der Waals surface area (Å²) in [6, 6.07) is 1.99. The molecule has 1 fully saturated rings. The number of carbonyl (C=O) groups excluding carboxylic acids is 1. The van der Waals surface area contributed by atoms with E-state index in [2.05, 4.69) is 20.4 Å². The Bertz CT molecular complexity index is 637. The number of H-pyrrole nitrogens is 2. The number of likely N-dealkylation sites (tertiary alicyclic amines) is 1. The summed E-state index contributed by atoms with van der Waals surface area (Å²) in [6.07, 6.45) is 6.02. The zero-order valence-corrected chi connectivity index (χ0v) is 13.3. The molecule has 1 aliphatic rings. The van der Waals surface area contributed by atoms with Gasteiger partial charge in [-0.2, -0.15) is 10.2 Å². The Morgan fingerprint density at radius 3 is 3.04 bits per heavy atom. The van der Waals surface area contributed by atoms with Crippen LogP contribution in [0.3, 0.4) is 0 Å². The van der Waals surface area contributed by atoms with Crippen molar-refractivity contribution in [2.75, 3.05) is 13.1 Å². The third kappa shape index (κ3) is 3.98. The Balaban J connectivity index is 1.46. The van der Waals surface area contributed by atoms with E-state index in [9.17, 15) is 9.90 Å². The van der Waals surface area contributed by atoms with E-state index in [1.807, 2.05) is 19.2 Å². The summed E-state index contributed by atoms with van der Waals surface area (Å²) < 4.78 is 0. The predicted molar refractivity (Wildman–Crippen MR) is 84.6 cm³/mol. The summed E-state index contributed by atoms with van der Waals surface area (Å²) in [6.45, 7) is 2.99. The Morgan fingerprint density at radius 2 is 2.35 bits per heavy atom. The van der Waals surface area contributed by atoms with Crippen molar-refractivity contribution in [3.63, 3.8) is 0 Å². The highest BCUT2D eigenvalue weighted by atomic mass is 16.3. The molecular formula is C16H23N5O2. The first kappa shape index (κ1) is 15.7. The highest BCUT2D eigenvalue weighted by Gasteiger charge is 2.34. The molecule has 2 aromatic heterocycles. The van der Waals surface area contributed by atoms with Crippen LogP contribution in [0, 0.1) is 12.8 Å². The molecule has 3 heterocycles. The number of aryl methyl sites for hydroxylation is 2. The van der Waals surface area contributed by atoms with Gasteiger partial charge in [-0.3, -0.25) is 15.0 Å². The maximum absolute atomic E-state index is 12.3. The van der Waals surface area contributed by atoms with Crippen molar-refractivity contribution >= 4 is 5.91 Å². The molecule has 23 heavy (non-hydrogen) atoms. The minimum absolute atomic E-state index is 0.0653. The summed E-state index contributed by atoms with van der Waals surface area (Å²) >= 11 is 0. The first-order chi connectivity index (χ1) is 11.1. The van der Waals surface area contributed by atoms with Crippen molar-refractivity contribution < 1.29 is 9.90 Å².